The third kappa shape index (κ3) is 16.5. The predicted octanol–water partition coefficient (Wildman–Crippen LogP) is 5.25. The van der Waals surface area contributed by atoms with E-state index in [0.717, 1.165) is 11.1 Å². The van der Waals surface area contributed by atoms with Crippen molar-refractivity contribution < 1.29 is 57.2 Å². The van der Waals surface area contributed by atoms with E-state index in [1.807, 2.05) is 58.9 Å². The van der Waals surface area contributed by atoms with Crippen molar-refractivity contribution in [3.63, 3.8) is 0 Å². The molecule has 0 unspecified atom stereocenters. The van der Waals surface area contributed by atoms with E-state index >= 15 is 0 Å². The summed E-state index contributed by atoms with van der Waals surface area (Å²) in [4.78, 5) is 92.1. The maximum atomic E-state index is 13.9. The minimum atomic E-state index is -1.26. The summed E-state index contributed by atoms with van der Waals surface area (Å²) in [6, 6.07) is 16.5. The van der Waals surface area contributed by atoms with Gasteiger partial charge in [0.1, 0.15) is 35.8 Å². The summed E-state index contributed by atoms with van der Waals surface area (Å²) < 4.78 is 29.0. The fourth-order valence-electron chi connectivity index (χ4n) is 7.61. The maximum Gasteiger partial charge on any atom is 0.347 e. The number of cyclic esters (lactones) is 2. The fourth-order valence-corrected chi connectivity index (χ4v) is 7.89. The molecular weight excluding hydrogens is 948 g/mol. The number of nitrogens with one attached hydrogen (secondary N) is 5. The van der Waals surface area contributed by atoms with Crippen molar-refractivity contribution in [3.05, 3.63) is 101 Å². The quantitative estimate of drug-likeness (QED) is 0.0705. The third-order valence-corrected chi connectivity index (χ3v) is 12.6. The van der Waals surface area contributed by atoms with Gasteiger partial charge in [-0.15, -0.1) is 0 Å². The van der Waals surface area contributed by atoms with E-state index in [1.165, 1.54) is 13.2 Å². The lowest BCUT2D eigenvalue weighted by Crippen LogP contribution is -2.51. The number of nitrogens with two attached hydrogens (primary N) is 1. The molecule has 5 rings (SSSR count). The normalized spacial score (nSPS) is 22.2. The number of halogens is 1. The zero-order chi connectivity index (χ0) is 52.9. The van der Waals surface area contributed by atoms with Crippen molar-refractivity contribution in [2.24, 2.45) is 28.9 Å². The third-order valence-electron chi connectivity index (χ3n) is 12.3. The number of esters is 2. The molecule has 0 aromatic heterocycles. The van der Waals surface area contributed by atoms with Crippen LogP contribution in [0.5, 0.6) is 11.5 Å². The lowest BCUT2D eigenvalue weighted by molar-refractivity contribution is -0.179. The fraction of sp³-hybridized carbons (Fsp3) is 0.491. The van der Waals surface area contributed by atoms with Gasteiger partial charge in [-0.1, -0.05) is 82.6 Å². The number of benzene rings is 3. The van der Waals surface area contributed by atoms with Gasteiger partial charge in [0.05, 0.1) is 29.7 Å². The Morgan fingerprint density at radius 1 is 0.903 bits per heavy atom. The first kappa shape index (κ1) is 56.4. The molecule has 390 valence electrons. The van der Waals surface area contributed by atoms with Crippen LogP contribution in [0, 0.1) is 23.2 Å². The van der Waals surface area contributed by atoms with Crippen LogP contribution in [0.25, 0.3) is 0 Å². The number of carbonyl (C=O) groups excluding carboxylic acids is 7. The van der Waals surface area contributed by atoms with Gasteiger partial charge in [0.2, 0.25) is 23.6 Å². The maximum absolute atomic E-state index is 13.9. The lowest BCUT2D eigenvalue weighted by Gasteiger charge is -2.29. The number of amides is 5. The van der Waals surface area contributed by atoms with E-state index in [0.29, 0.717) is 27.8 Å². The molecule has 2 aliphatic rings. The predicted molar refractivity (Wildman–Crippen MR) is 269 cm³/mol. The minimum absolute atomic E-state index is 0.0443. The smallest absolute Gasteiger partial charge is 0.347 e. The Morgan fingerprint density at radius 3 is 2.22 bits per heavy atom. The molecule has 0 radical (unpaired) electrons. The lowest BCUT2D eigenvalue weighted by atomic mass is 9.92. The van der Waals surface area contributed by atoms with Gasteiger partial charge in [-0.3, -0.25) is 28.8 Å². The van der Waals surface area contributed by atoms with Gasteiger partial charge in [-0.25, -0.2) is 4.79 Å². The Labute approximate surface area is 426 Å². The van der Waals surface area contributed by atoms with E-state index in [-0.39, 0.29) is 74.8 Å². The summed E-state index contributed by atoms with van der Waals surface area (Å²) in [5.74, 6) is -3.35. The number of hydrogen-bond donors (Lipinski definition) is 6. The van der Waals surface area contributed by atoms with Gasteiger partial charge in [-0.2, -0.15) is 0 Å². The summed E-state index contributed by atoms with van der Waals surface area (Å²) in [6.45, 7) is 13.9. The van der Waals surface area contributed by atoms with Crippen LogP contribution in [-0.2, 0) is 60.7 Å². The molecule has 2 heterocycles. The summed E-state index contributed by atoms with van der Waals surface area (Å²) in [5.41, 5.74) is 7.44. The zero-order valence-electron chi connectivity index (χ0n) is 42.4. The summed E-state index contributed by atoms with van der Waals surface area (Å²) in [7, 11) is 1.49. The van der Waals surface area contributed by atoms with Crippen LogP contribution in [0.3, 0.4) is 0 Å². The number of methoxy groups -OCH3 is 1. The topological polar surface area (TPSA) is 255 Å². The minimum Gasteiger partial charge on any atom is -0.495 e. The number of hydrogen-bond acceptors (Lipinski definition) is 13. The standard InChI is InChI=1S/C53H69ClN6O12/c1-29(2)23-42-51(66)70-40(11-10-12-43(61)60-39(25-34-15-22-41(68-9)38(54)24-34)49(64)57-28-53(7,8)52(67)71-42)31(5)46-47(72-46)35-16-13-33(14-17-35)26-56-44(62)27-69-37-20-18-36(19-21-37)59-48(63)32(6)58-50(65)45(55)30(3)4/h10,12-22,24,29-32,39-40,42,45-47H,11,23,25-28,55H2,1-9H3,(H,56,62)(H,57,64)(H,58,65)(H,59,63)(H,60,61)/b12-10+/t31-,32-,39+,40-,42-,45-,46+,47+/m0/s1. The first-order chi connectivity index (χ1) is 34.0. The molecule has 0 bridgehead atoms. The molecule has 18 nitrogen and oxygen atoms in total. The van der Waals surface area contributed by atoms with Crippen molar-refractivity contribution in [1.82, 2.24) is 21.3 Å². The molecular formula is C53H69ClN6O12. The Bertz CT molecular complexity index is 2430. The van der Waals surface area contributed by atoms with E-state index in [2.05, 4.69) is 26.6 Å². The first-order valence-electron chi connectivity index (χ1n) is 24.1. The molecule has 5 amide bonds. The van der Waals surface area contributed by atoms with E-state index in [4.69, 9.17) is 41.0 Å². The average Bonchev–Trinajstić information content (AvgIpc) is 4.14. The monoisotopic (exact) mass is 1020 g/mol. The molecule has 2 aliphatic heterocycles. The molecule has 0 spiro atoms. The van der Waals surface area contributed by atoms with Crippen LogP contribution in [0.15, 0.2) is 78.9 Å². The first-order valence-corrected chi connectivity index (χ1v) is 24.5. The van der Waals surface area contributed by atoms with E-state index < -0.39 is 71.3 Å². The summed E-state index contributed by atoms with van der Waals surface area (Å²) >= 11 is 6.37. The largest absolute Gasteiger partial charge is 0.495 e. The van der Waals surface area contributed by atoms with Crippen molar-refractivity contribution in [3.8, 4) is 11.5 Å². The van der Waals surface area contributed by atoms with Crippen LogP contribution in [0.1, 0.15) is 91.0 Å². The average molecular weight is 1020 g/mol. The summed E-state index contributed by atoms with van der Waals surface area (Å²) in [6.07, 6.45) is 0.510. The molecule has 1 saturated heterocycles. The van der Waals surface area contributed by atoms with Gasteiger partial charge < -0.3 is 56.0 Å². The van der Waals surface area contributed by atoms with Gasteiger partial charge in [-0.05, 0) is 98.2 Å². The Balaban J connectivity index is 1.18. The number of carbonyl (C=O) groups is 7. The van der Waals surface area contributed by atoms with Crippen molar-refractivity contribution in [2.45, 2.75) is 124 Å². The SMILES string of the molecule is COc1ccc(C[C@H]2NC(=O)/C=C/C[C@@H]([C@H](C)[C@H]3O[C@@H]3c3ccc(CNC(=O)COc4ccc(NC(=O)[C@H](C)NC(=O)[C@@H](N)C(C)C)cc4)cc3)OC(=O)[C@H](CC(C)C)OC(=O)C(C)(C)CNC2=O)cc1Cl. The van der Waals surface area contributed by atoms with E-state index in [9.17, 15) is 33.6 Å². The van der Waals surface area contributed by atoms with Gasteiger partial charge in [0, 0.05) is 37.5 Å². The number of rotatable bonds is 18. The van der Waals surface area contributed by atoms with Gasteiger partial charge >= 0.3 is 11.9 Å². The molecule has 3 aromatic carbocycles. The second-order valence-electron chi connectivity index (χ2n) is 19.7. The summed E-state index contributed by atoms with van der Waals surface area (Å²) in [5, 5.41) is 14.1. The second-order valence-corrected chi connectivity index (χ2v) is 20.1. The van der Waals surface area contributed by atoms with Crippen LogP contribution >= 0.6 is 11.6 Å². The van der Waals surface area contributed by atoms with Crippen molar-refractivity contribution in [2.75, 3.05) is 25.6 Å². The van der Waals surface area contributed by atoms with Crippen molar-refractivity contribution >= 4 is 58.8 Å². The Morgan fingerprint density at radius 2 is 1.58 bits per heavy atom. The van der Waals surface area contributed by atoms with Crippen LogP contribution < -0.4 is 41.8 Å². The van der Waals surface area contributed by atoms with Gasteiger partial charge in [0.15, 0.2) is 12.7 Å². The second kappa shape index (κ2) is 25.7. The number of anilines is 1. The molecule has 72 heavy (non-hydrogen) atoms. The highest BCUT2D eigenvalue weighted by Crippen LogP contribution is 2.45. The molecule has 3 aromatic rings. The highest BCUT2D eigenvalue weighted by Gasteiger charge is 2.48. The Hall–Kier alpha value is -6.50. The number of ether oxygens (including phenoxy) is 5. The van der Waals surface area contributed by atoms with E-state index in [1.54, 1.807) is 69.3 Å². The molecule has 7 N–H and O–H groups in total. The molecule has 0 saturated carbocycles. The highest BCUT2D eigenvalue weighted by atomic mass is 35.5. The van der Waals surface area contributed by atoms with Crippen LogP contribution in [0.2, 0.25) is 5.02 Å². The molecule has 8 atom stereocenters. The highest BCUT2D eigenvalue weighted by molar-refractivity contribution is 6.32. The zero-order valence-corrected chi connectivity index (χ0v) is 43.1. The molecule has 19 heteroatoms. The van der Waals surface area contributed by atoms with Crippen LogP contribution in [-0.4, -0.2) is 98.2 Å². The van der Waals surface area contributed by atoms with Crippen molar-refractivity contribution in [1.29, 1.82) is 0 Å². The van der Waals surface area contributed by atoms with Crippen LogP contribution in [0.4, 0.5) is 5.69 Å². The number of epoxide rings is 1. The van der Waals surface area contributed by atoms with Gasteiger partial charge in [0.25, 0.3) is 5.91 Å². The Kier molecular flexibility index (Phi) is 20.2. The molecule has 1 fully saturated rings. The molecule has 0 aliphatic carbocycles.